The number of carbonyl (C=O) groups is 2. The van der Waals surface area contributed by atoms with Crippen molar-refractivity contribution >= 4 is 11.8 Å². The zero-order valence-electron chi connectivity index (χ0n) is 11.2. The van der Waals surface area contributed by atoms with Crippen molar-refractivity contribution in [3.8, 4) is 5.75 Å². The van der Waals surface area contributed by atoms with Gasteiger partial charge in [-0.3, -0.25) is 4.79 Å². The molecule has 110 valence electrons. The van der Waals surface area contributed by atoms with E-state index in [0.29, 0.717) is 5.75 Å². The van der Waals surface area contributed by atoms with Gasteiger partial charge in [-0.2, -0.15) is 8.78 Å². The SMILES string of the molecule is COC(=O)C(=O)C(F)(F)C(OC)c1ccc(OC)cc1. The first-order chi connectivity index (χ1) is 9.38. The maximum Gasteiger partial charge on any atom is 0.381 e. The van der Waals surface area contributed by atoms with E-state index in [-0.39, 0.29) is 5.56 Å². The summed E-state index contributed by atoms with van der Waals surface area (Å²) in [6, 6.07) is 5.54. The van der Waals surface area contributed by atoms with Gasteiger partial charge in [0.05, 0.1) is 14.2 Å². The van der Waals surface area contributed by atoms with Crippen molar-refractivity contribution in [2.24, 2.45) is 0 Å². The molecule has 1 unspecified atom stereocenters. The highest BCUT2D eigenvalue weighted by Gasteiger charge is 2.52. The summed E-state index contributed by atoms with van der Waals surface area (Å²) in [6.45, 7) is 0. The van der Waals surface area contributed by atoms with E-state index in [4.69, 9.17) is 4.74 Å². The average molecular weight is 288 g/mol. The molecule has 0 bridgehead atoms. The maximum absolute atomic E-state index is 14.0. The van der Waals surface area contributed by atoms with Gasteiger partial charge in [-0.1, -0.05) is 12.1 Å². The lowest BCUT2D eigenvalue weighted by Crippen LogP contribution is -2.41. The molecule has 5 nitrogen and oxygen atoms in total. The first-order valence-corrected chi connectivity index (χ1v) is 5.55. The molecule has 0 aliphatic rings. The Hall–Kier alpha value is -2.02. The third kappa shape index (κ3) is 3.11. The Morgan fingerprint density at radius 2 is 1.65 bits per heavy atom. The number of hydrogen-bond acceptors (Lipinski definition) is 5. The Kier molecular flexibility index (Phi) is 5.15. The number of ether oxygens (including phenoxy) is 3. The Morgan fingerprint density at radius 3 is 2.05 bits per heavy atom. The fraction of sp³-hybridized carbons (Fsp3) is 0.385. The molecule has 1 aromatic carbocycles. The van der Waals surface area contributed by atoms with Gasteiger partial charge in [0, 0.05) is 7.11 Å². The Balaban J connectivity index is 3.09. The van der Waals surface area contributed by atoms with Crippen LogP contribution in [0.4, 0.5) is 8.78 Å². The Morgan fingerprint density at radius 1 is 1.10 bits per heavy atom. The minimum Gasteiger partial charge on any atom is -0.497 e. The summed E-state index contributed by atoms with van der Waals surface area (Å²) in [4.78, 5) is 22.3. The third-order valence-corrected chi connectivity index (χ3v) is 2.66. The second kappa shape index (κ2) is 6.42. The lowest BCUT2D eigenvalue weighted by molar-refractivity contribution is -0.178. The highest BCUT2D eigenvalue weighted by atomic mass is 19.3. The largest absolute Gasteiger partial charge is 0.497 e. The van der Waals surface area contributed by atoms with E-state index in [1.54, 1.807) is 0 Å². The molecule has 0 amide bonds. The minimum atomic E-state index is -4.03. The van der Waals surface area contributed by atoms with Crippen LogP contribution in [-0.4, -0.2) is 39.0 Å². The van der Waals surface area contributed by atoms with E-state index in [2.05, 4.69) is 9.47 Å². The summed E-state index contributed by atoms with van der Waals surface area (Å²) < 4.78 is 41.6. The van der Waals surface area contributed by atoms with Crippen molar-refractivity contribution in [2.75, 3.05) is 21.3 Å². The quantitative estimate of drug-likeness (QED) is 0.589. The smallest absolute Gasteiger partial charge is 0.381 e. The van der Waals surface area contributed by atoms with E-state index >= 15 is 0 Å². The molecule has 0 aromatic heterocycles. The van der Waals surface area contributed by atoms with Gasteiger partial charge < -0.3 is 14.2 Å². The molecule has 0 aliphatic heterocycles. The lowest BCUT2D eigenvalue weighted by Gasteiger charge is -2.23. The van der Waals surface area contributed by atoms with Gasteiger partial charge in [-0.05, 0) is 17.7 Å². The molecular weight excluding hydrogens is 274 g/mol. The van der Waals surface area contributed by atoms with Crippen molar-refractivity contribution in [3.05, 3.63) is 29.8 Å². The number of Topliss-reactive ketones (excluding diaryl/α,β-unsaturated/α-hetero) is 1. The number of esters is 1. The van der Waals surface area contributed by atoms with E-state index in [9.17, 15) is 18.4 Å². The molecule has 1 rings (SSSR count). The summed E-state index contributed by atoms with van der Waals surface area (Å²) >= 11 is 0. The summed E-state index contributed by atoms with van der Waals surface area (Å²) in [5.74, 6) is -7.14. The normalized spacial score (nSPS) is 12.7. The third-order valence-electron chi connectivity index (χ3n) is 2.66. The topological polar surface area (TPSA) is 61.8 Å². The van der Waals surface area contributed by atoms with E-state index in [0.717, 1.165) is 14.2 Å². The highest BCUT2D eigenvalue weighted by Crippen LogP contribution is 2.35. The number of hydrogen-bond donors (Lipinski definition) is 0. The number of alkyl halides is 2. The van der Waals surface area contributed by atoms with Crippen molar-refractivity contribution in [3.63, 3.8) is 0 Å². The van der Waals surface area contributed by atoms with Crippen molar-refractivity contribution in [1.82, 2.24) is 0 Å². The maximum atomic E-state index is 14.0. The van der Waals surface area contributed by atoms with Gasteiger partial charge in [-0.25, -0.2) is 4.79 Å². The number of carbonyl (C=O) groups excluding carboxylic acids is 2. The molecule has 0 radical (unpaired) electrons. The summed E-state index contributed by atoms with van der Waals surface area (Å²) in [6.07, 6.45) is -1.89. The van der Waals surface area contributed by atoms with Crippen LogP contribution in [0.3, 0.4) is 0 Å². The molecule has 0 aliphatic carbocycles. The van der Waals surface area contributed by atoms with Crippen LogP contribution >= 0.6 is 0 Å². The molecule has 1 atom stereocenters. The van der Waals surface area contributed by atoms with E-state index in [1.807, 2.05) is 0 Å². The first kappa shape index (κ1) is 16.0. The second-order valence-electron chi connectivity index (χ2n) is 3.83. The first-order valence-electron chi connectivity index (χ1n) is 5.55. The summed E-state index contributed by atoms with van der Waals surface area (Å²) in [5, 5.41) is 0. The molecule has 20 heavy (non-hydrogen) atoms. The second-order valence-corrected chi connectivity index (χ2v) is 3.83. The zero-order valence-corrected chi connectivity index (χ0v) is 11.2. The van der Waals surface area contributed by atoms with Crippen molar-refractivity contribution < 1.29 is 32.6 Å². The molecule has 0 spiro atoms. The van der Waals surface area contributed by atoms with Gasteiger partial charge >= 0.3 is 17.7 Å². The van der Waals surface area contributed by atoms with Gasteiger partial charge in [-0.15, -0.1) is 0 Å². The highest BCUT2D eigenvalue weighted by molar-refractivity contribution is 6.36. The molecular formula is C13H14F2O5. The van der Waals surface area contributed by atoms with Crippen LogP contribution in [0.2, 0.25) is 0 Å². The number of methoxy groups -OCH3 is 3. The number of ketones is 1. The number of benzene rings is 1. The predicted molar refractivity (Wildman–Crippen MR) is 64.7 cm³/mol. The standard InChI is InChI=1S/C13H14F2O5/c1-18-9-6-4-8(5-7-9)11(19-2)13(14,15)10(16)12(17)20-3/h4-7,11H,1-3H3. The molecule has 1 aromatic rings. The molecule has 0 fully saturated rings. The minimum absolute atomic E-state index is 0.0375. The average Bonchev–Trinajstić information content (AvgIpc) is 2.46. The molecule has 0 heterocycles. The monoisotopic (exact) mass is 288 g/mol. The summed E-state index contributed by atoms with van der Waals surface area (Å²) in [5.41, 5.74) is 0.0375. The van der Waals surface area contributed by atoms with E-state index < -0.39 is 23.8 Å². The zero-order chi connectivity index (χ0) is 15.3. The van der Waals surface area contributed by atoms with Crippen LogP contribution in [0.5, 0.6) is 5.75 Å². The number of halogens is 2. The Labute approximate surface area is 114 Å². The van der Waals surface area contributed by atoms with Gasteiger partial charge in [0.2, 0.25) is 0 Å². The molecule has 0 N–H and O–H groups in total. The van der Waals surface area contributed by atoms with Crippen LogP contribution in [0.1, 0.15) is 11.7 Å². The van der Waals surface area contributed by atoms with Gasteiger partial charge in [0.25, 0.3) is 0 Å². The predicted octanol–water partition coefficient (Wildman–Crippen LogP) is 1.76. The van der Waals surface area contributed by atoms with Crippen molar-refractivity contribution in [1.29, 1.82) is 0 Å². The van der Waals surface area contributed by atoms with Gasteiger partial charge in [0.15, 0.2) is 6.10 Å². The van der Waals surface area contributed by atoms with Crippen LogP contribution < -0.4 is 4.74 Å². The van der Waals surface area contributed by atoms with Crippen LogP contribution in [0, 0.1) is 0 Å². The molecule has 7 heteroatoms. The number of rotatable bonds is 6. The van der Waals surface area contributed by atoms with Crippen molar-refractivity contribution in [2.45, 2.75) is 12.0 Å². The summed E-state index contributed by atoms with van der Waals surface area (Å²) in [7, 11) is 3.30. The van der Waals surface area contributed by atoms with Crippen LogP contribution in [0.25, 0.3) is 0 Å². The molecule has 0 saturated heterocycles. The van der Waals surface area contributed by atoms with Gasteiger partial charge in [0.1, 0.15) is 5.75 Å². The molecule has 0 saturated carbocycles. The van der Waals surface area contributed by atoms with Crippen LogP contribution in [0.15, 0.2) is 24.3 Å². The Bertz CT molecular complexity index is 484. The lowest BCUT2D eigenvalue weighted by atomic mass is 10.00. The fourth-order valence-corrected chi connectivity index (χ4v) is 1.62. The fourth-order valence-electron chi connectivity index (χ4n) is 1.62. The van der Waals surface area contributed by atoms with E-state index in [1.165, 1.54) is 31.4 Å². The van der Waals surface area contributed by atoms with Crippen LogP contribution in [-0.2, 0) is 19.1 Å².